The third-order valence-corrected chi connectivity index (χ3v) is 4.54. The van der Waals surface area contributed by atoms with Crippen molar-refractivity contribution >= 4 is 11.8 Å². The molecule has 1 atom stereocenters. The molecule has 2 fully saturated rings. The summed E-state index contributed by atoms with van der Waals surface area (Å²) in [6.45, 7) is 1.51. The van der Waals surface area contributed by atoms with Crippen LogP contribution in [0.15, 0.2) is 0 Å². The molecule has 1 aliphatic heterocycles. The minimum atomic E-state index is -0.294. The maximum absolute atomic E-state index is 12.0. The van der Waals surface area contributed by atoms with E-state index in [-0.39, 0.29) is 17.9 Å². The Morgan fingerprint density at radius 1 is 1.26 bits per heavy atom. The predicted molar refractivity (Wildman–Crippen MR) is 73.3 cm³/mol. The van der Waals surface area contributed by atoms with Gasteiger partial charge in [-0.15, -0.1) is 0 Å². The Balaban J connectivity index is 1.72. The molecule has 19 heavy (non-hydrogen) atoms. The first-order valence-electron chi connectivity index (χ1n) is 7.34. The molecular weight excluding hydrogens is 242 g/mol. The molecule has 1 saturated heterocycles. The topological polar surface area (TPSA) is 75.4 Å². The molecule has 1 unspecified atom stereocenters. The number of likely N-dealkylation sites (N-methyl/N-ethyl adjacent to an activating group) is 1. The summed E-state index contributed by atoms with van der Waals surface area (Å²) < 4.78 is 0. The fraction of sp³-hybridized carbons (Fsp3) is 0.857. The Kier molecular flexibility index (Phi) is 4.80. The molecule has 0 bridgehead atoms. The van der Waals surface area contributed by atoms with Crippen LogP contribution in [0.2, 0.25) is 0 Å². The van der Waals surface area contributed by atoms with E-state index in [1.165, 1.54) is 0 Å². The molecule has 3 N–H and O–H groups in total. The van der Waals surface area contributed by atoms with Gasteiger partial charge in [0.25, 0.3) is 0 Å². The van der Waals surface area contributed by atoms with Crippen molar-refractivity contribution in [3.05, 3.63) is 0 Å². The van der Waals surface area contributed by atoms with Gasteiger partial charge in [0.1, 0.15) is 6.04 Å². The van der Waals surface area contributed by atoms with Crippen molar-refractivity contribution in [2.24, 2.45) is 17.6 Å². The summed E-state index contributed by atoms with van der Waals surface area (Å²) in [6.07, 6.45) is 5.76. The first-order valence-corrected chi connectivity index (χ1v) is 7.34. The fourth-order valence-electron chi connectivity index (χ4n) is 3.14. The normalized spacial score (nSPS) is 31.6. The van der Waals surface area contributed by atoms with E-state index in [0.717, 1.165) is 45.2 Å². The summed E-state index contributed by atoms with van der Waals surface area (Å²) in [4.78, 5) is 25.4. The molecule has 0 radical (unpaired) electrons. The fourth-order valence-corrected chi connectivity index (χ4v) is 3.14. The molecular formula is C14H25N3O2. The van der Waals surface area contributed by atoms with Crippen molar-refractivity contribution < 1.29 is 9.59 Å². The van der Waals surface area contributed by atoms with Crippen molar-refractivity contribution in [1.82, 2.24) is 10.2 Å². The molecule has 2 rings (SSSR count). The minimum Gasteiger partial charge on any atom is -0.344 e. The number of carbonyl (C=O) groups excluding carboxylic acids is 2. The largest absolute Gasteiger partial charge is 0.344 e. The first-order chi connectivity index (χ1) is 9.10. The Morgan fingerprint density at radius 2 is 1.89 bits per heavy atom. The molecule has 0 aromatic rings. The Morgan fingerprint density at radius 3 is 2.42 bits per heavy atom. The lowest BCUT2D eigenvalue weighted by atomic mass is 9.80. The second-order valence-electron chi connectivity index (χ2n) is 6.00. The molecule has 1 heterocycles. The number of hydrogen-bond acceptors (Lipinski definition) is 3. The van der Waals surface area contributed by atoms with Gasteiger partial charge in [0.05, 0.1) is 0 Å². The Hall–Kier alpha value is -1.10. The van der Waals surface area contributed by atoms with E-state index in [9.17, 15) is 9.59 Å². The number of hydrogen-bond donors (Lipinski definition) is 2. The van der Waals surface area contributed by atoms with Crippen molar-refractivity contribution in [2.75, 3.05) is 20.1 Å². The van der Waals surface area contributed by atoms with Gasteiger partial charge in [-0.2, -0.15) is 0 Å². The second kappa shape index (κ2) is 6.37. The van der Waals surface area contributed by atoms with E-state index < -0.39 is 0 Å². The van der Waals surface area contributed by atoms with Crippen LogP contribution in [0.5, 0.6) is 0 Å². The smallest absolute Gasteiger partial charge is 0.244 e. The van der Waals surface area contributed by atoms with Crippen LogP contribution in [-0.4, -0.2) is 42.9 Å². The van der Waals surface area contributed by atoms with Gasteiger partial charge in [0.15, 0.2) is 0 Å². The van der Waals surface area contributed by atoms with Gasteiger partial charge in [0, 0.05) is 20.0 Å². The van der Waals surface area contributed by atoms with Crippen LogP contribution in [0.25, 0.3) is 0 Å². The van der Waals surface area contributed by atoms with Gasteiger partial charge in [-0.3, -0.25) is 9.59 Å². The van der Waals surface area contributed by atoms with Crippen LogP contribution < -0.4 is 11.1 Å². The van der Waals surface area contributed by atoms with E-state index in [0.29, 0.717) is 18.3 Å². The molecule has 0 aromatic carbocycles. The number of carbonyl (C=O) groups is 2. The predicted octanol–water partition coefficient (Wildman–Crippen LogP) is 0.489. The van der Waals surface area contributed by atoms with Gasteiger partial charge < -0.3 is 16.0 Å². The van der Waals surface area contributed by atoms with Crippen LogP contribution in [-0.2, 0) is 9.59 Å². The second-order valence-corrected chi connectivity index (χ2v) is 6.00. The molecule has 108 valence electrons. The van der Waals surface area contributed by atoms with Crippen LogP contribution in [0, 0.1) is 11.8 Å². The van der Waals surface area contributed by atoms with Crippen LogP contribution in [0.3, 0.4) is 0 Å². The maximum Gasteiger partial charge on any atom is 0.244 e. The zero-order valence-electron chi connectivity index (χ0n) is 11.7. The van der Waals surface area contributed by atoms with Crippen LogP contribution >= 0.6 is 0 Å². The van der Waals surface area contributed by atoms with Crippen molar-refractivity contribution in [3.63, 3.8) is 0 Å². The van der Waals surface area contributed by atoms with Crippen LogP contribution in [0.4, 0.5) is 0 Å². The highest BCUT2D eigenvalue weighted by atomic mass is 16.2. The third kappa shape index (κ3) is 3.69. The number of rotatable bonds is 4. The van der Waals surface area contributed by atoms with E-state index in [4.69, 9.17) is 5.73 Å². The standard InChI is InChI=1S/C14H25N3O2/c1-17-7-6-12(14(17)19)16-13(18)8-10-2-4-11(9-15)5-3-10/h10-12H,2-9,15H2,1H3,(H,16,18). The van der Waals surface area contributed by atoms with E-state index >= 15 is 0 Å². The zero-order valence-corrected chi connectivity index (χ0v) is 11.7. The molecule has 0 spiro atoms. The molecule has 2 amide bonds. The van der Waals surface area contributed by atoms with Gasteiger partial charge in [0.2, 0.25) is 11.8 Å². The molecule has 5 heteroatoms. The lowest BCUT2D eigenvalue weighted by Gasteiger charge is -2.27. The Labute approximate surface area is 114 Å². The van der Waals surface area contributed by atoms with Gasteiger partial charge >= 0.3 is 0 Å². The summed E-state index contributed by atoms with van der Waals surface area (Å²) in [7, 11) is 1.78. The summed E-state index contributed by atoms with van der Waals surface area (Å²) in [5.41, 5.74) is 5.67. The lowest BCUT2D eigenvalue weighted by molar-refractivity contribution is -0.132. The summed E-state index contributed by atoms with van der Waals surface area (Å²) in [5, 5.41) is 2.88. The number of nitrogens with one attached hydrogen (secondary N) is 1. The van der Waals surface area contributed by atoms with Gasteiger partial charge in [-0.05, 0) is 50.5 Å². The monoisotopic (exact) mass is 267 g/mol. The quantitative estimate of drug-likeness (QED) is 0.778. The number of amides is 2. The number of likely N-dealkylation sites (tertiary alicyclic amines) is 1. The summed E-state index contributed by atoms with van der Waals surface area (Å²) in [6, 6.07) is -0.294. The third-order valence-electron chi connectivity index (χ3n) is 4.54. The molecule has 5 nitrogen and oxygen atoms in total. The highest BCUT2D eigenvalue weighted by Gasteiger charge is 2.31. The van der Waals surface area contributed by atoms with E-state index in [2.05, 4.69) is 5.32 Å². The summed E-state index contributed by atoms with van der Waals surface area (Å²) in [5.74, 6) is 1.19. The van der Waals surface area contributed by atoms with Crippen molar-refractivity contribution in [2.45, 2.75) is 44.6 Å². The maximum atomic E-state index is 12.0. The molecule has 1 saturated carbocycles. The Bertz CT molecular complexity index is 338. The van der Waals surface area contributed by atoms with Gasteiger partial charge in [-0.1, -0.05) is 0 Å². The summed E-state index contributed by atoms with van der Waals surface area (Å²) >= 11 is 0. The number of nitrogens with zero attached hydrogens (tertiary/aromatic N) is 1. The average molecular weight is 267 g/mol. The van der Waals surface area contributed by atoms with Gasteiger partial charge in [-0.25, -0.2) is 0 Å². The number of nitrogens with two attached hydrogens (primary N) is 1. The molecule has 1 aliphatic carbocycles. The SMILES string of the molecule is CN1CCC(NC(=O)CC2CCC(CN)CC2)C1=O. The van der Waals surface area contributed by atoms with Crippen molar-refractivity contribution in [1.29, 1.82) is 0 Å². The average Bonchev–Trinajstić information content (AvgIpc) is 2.71. The van der Waals surface area contributed by atoms with E-state index in [1.54, 1.807) is 11.9 Å². The lowest BCUT2D eigenvalue weighted by Crippen LogP contribution is -2.41. The molecule has 2 aliphatic rings. The zero-order chi connectivity index (χ0) is 13.8. The molecule has 0 aromatic heterocycles. The minimum absolute atomic E-state index is 0.0323. The highest BCUT2D eigenvalue weighted by Crippen LogP contribution is 2.30. The first kappa shape index (κ1) is 14.3. The van der Waals surface area contributed by atoms with Crippen LogP contribution in [0.1, 0.15) is 38.5 Å². The van der Waals surface area contributed by atoms with E-state index in [1.807, 2.05) is 0 Å². The van der Waals surface area contributed by atoms with Crippen molar-refractivity contribution in [3.8, 4) is 0 Å². The highest BCUT2D eigenvalue weighted by molar-refractivity contribution is 5.89.